The van der Waals surface area contributed by atoms with Crippen LogP contribution in [-0.4, -0.2) is 67.2 Å². The molecule has 1 aliphatic heterocycles. The van der Waals surface area contributed by atoms with Crippen molar-refractivity contribution < 1.29 is 19.4 Å². The summed E-state index contributed by atoms with van der Waals surface area (Å²) in [6.45, 7) is 2.40. The molecule has 0 saturated carbocycles. The molecule has 1 N–H and O–H groups in total. The Hall–Kier alpha value is -4.03. The molecule has 1 amide bonds. The van der Waals surface area contributed by atoms with E-state index in [2.05, 4.69) is 26.8 Å². The van der Waals surface area contributed by atoms with Gasteiger partial charge in [-0.15, -0.1) is 0 Å². The molecule has 0 spiro atoms. The van der Waals surface area contributed by atoms with E-state index in [4.69, 9.17) is 4.74 Å². The van der Waals surface area contributed by atoms with E-state index in [0.717, 1.165) is 0 Å². The Kier molecular flexibility index (Phi) is 5.94. The Balaban J connectivity index is 1.74. The van der Waals surface area contributed by atoms with Gasteiger partial charge < -0.3 is 19.3 Å². The molecule has 3 heterocycles. The highest BCUT2D eigenvalue weighted by atomic mass is 16.5. The fourth-order valence-electron chi connectivity index (χ4n) is 3.50. The van der Waals surface area contributed by atoms with E-state index in [1.165, 1.54) is 4.90 Å². The van der Waals surface area contributed by atoms with Gasteiger partial charge in [-0.2, -0.15) is 0 Å². The van der Waals surface area contributed by atoms with Gasteiger partial charge in [0.25, 0.3) is 5.91 Å². The maximum atomic E-state index is 12.4. The minimum atomic E-state index is -1.68. The minimum Gasteiger partial charge on any atom is -0.461 e. The number of aryl methyl sites for hydroxylation is 1. The van der Waals surface area contributed by atoms with Crippen molar-refractivity contribution in [1.82, 2.24) is 24.4 Å². The molecule has 9 heteroatoms. The second-order valence-corrected chi connectivity index (χ2v) is 7.74. The van der Waals surface area contributed by atoms with E-state index in [1.54, 1.807) is 61.4 Å². The Labute approximate surface area is 191 Å². The summed E-state index contributed by atoms with van der Waals surface area (Å²) in [5.74, 6) is 4.96. The lowest BCUT2D eigenvalue weighted by Crippen LogP contribution is -2.37. The number of rotatable bonds is 4. The number of nitrogens with zero attached hydrogens (tertiary/aromatic N) is 5. The monoisotopic (exact) mass is 445 g/mol. The van der Waals surface area contributed by atoms with Crippen molar-refractivity contribution in [3.05, 3.63) is 54.1 Å². The molecule has 1 atom stereocenters. The molecule has 1 fully saturated rings. The topological polar surface area (TPSA) is 110 Å². The summed E-state index contributed by atoms with van der Waals surface area (Å²) >= 11 is 0. The lowest BCUT2D eigenvalue weighted by atomic mass is 10.0. The highest BCUT2D eigenvalue weighted by Gasteiger charge is 2.42. The van der Waals surface area contributed by atoms with Gasteiger partial charge in [0, 0.05) is 38.2 Å². The molecular weight excluding hydrogens is 422 g/mol. The molecule has 0 bridgehead atoms. The summed E-state index contributed by atoms with van der Waals surface area (Å²) in [4.78, 5) is 39.2. The summed E-state index contributed by atoms with van der Waals surface area (Å²) in [6.07, 6.45) is 3.55. The third-order valence-electron chi connectivity index (χ3n) is 5.33. The molecule has 33 heavy (non-hydrogen) atoms. The van der Waals surface area contributed by atoms with Gasteiger partial charge in [-0.05, 0) is 25.1 Å². The summed E-state index contributed by atoms with van der Waals surface area (Å²) in [6, 6.07) is 8.65. The Morgan fingerprint density at radius 1 is 1.27 bits per heavy atom. The van der Waals surface area contributed by atoms with Crippen LogP contribution in [0.5, 0.6) is 0 Å². The van der Waals surface area contributed by atoms with Gasteiger partial charge in [-0.25, -0.2) is 19.7 Å². The van der Waals surface area contributed by atoms with Gasteiger partial charge in [-0.1, -0.05) is 24.0 Å². The van der Waals surface area contributed by atoms with Gasteiger partial charge in [0.05, 0.1) is 30.5 Å². The Morgan fingerprint density at radius 3 is 2.76 bits per heavy atom. The third kappa shape index (κ3) is 4.47. The fraction of sp³-hybridized carbons (Fsp3) is 0.292. The van der Waals surface area contributed by atoms with Crippen LogP contribution in [0, 0.1) is 11.8 Å². The Bertz CT molecular complexity index is 1290. The van der Waals surface area contributed by atoms with Gasteiger partial charge >= 0.3 is 5.97 Å². The minimum absolute atomic E-state index is 0.128. The SMILES string of the molecule is CCOC(=O)c1cc(-c2cncn2C)nc(-c2cccc(C#C[C@]3(O)CCN(C)C3=O)c2)n1. The van der Waals surface area contributed by atoms with Crippen LogP contribution in [0.2, 0.25) is 0 Å². The lowest BCUT2D eigenvalue weighted by Gasteiger charge is -2.13. The van der Waals surface area contributed by atoms with Crippen molar-refractivity contribution in [1.29, 1.82) is 0 Å². The van der Waals surface area contributed by atoms with Crippen LogP contribution < -0.4 is 0 Å². The maximum absolute atomic E-state index is 12.4. The van der Waals surface area contributed by atoms with Crippen LogP contribution in [0.1, 0.15) is 29.4 Å². The highest BCUT2D eigenvalue weighted by molar-refractivity contribution is 5.90. The van der Waals surface area contributed by atoms with Crippen LogP contribution in [0.3, 0.4) is 0 Å². The zero-order chi connectivity index (χ0) is 23.6. The molecule has 3 aromatic rings. The van der Waals surface area contributed by atoms with E-state index in [-0.39, 0.29) is 18.7 Å². The Morgan fingerprint density at radius 2 is 2.09 bits per heavy atom. The van der Waals surface area contributed by atoms with Gasteiger partial charge in [-0.3, -0.25) is 4.79 Å². The molecule has 1 aromatic carbocycles. The van der Waals surface area contributed by atoms with Crippen molar-refractivity contribution in [2.24, 2.45) is 7.05 Å². The zero-order valence-corrected chi connectivity index (χ0v) is 18.6. The van der Waals surface area contributed by atoms with Crippen molar-refractivity contribution in [3.63, 3.8) is 0 Å². The molecule has 9 nitrogen and oxygen atoms in total. The number of ether oxygens (including phenoxy) is 1. The number of likely N-dealkylation sites (tertiary alicyclic amines) is 1. The first-order chi connectivity index (χ1) is 15.8. The van der Waals surface area contributed by atoms with Crippen LogP contribution in [-0.2, 0) is 16.6 Å². The molecule has 1 saturated heterocycles. The second kappa shape index (κ2) is 8.84. The molecule has 0 unspecified atom stereocenters. The average Bonchev–Trinajstić information content (AvgIpc) is 3.36. The number of amides is 1. The third-order valence-corrected chi connectivity index (χ3v) is 5.33. The number of likely N-dealkylation sites (N-methyl/N-ethyl adjacent to an activating group) is 1. The molecule has 4 rings (SSSR count). The number of esters is 1. The van der Waals surface area contributed by atoms with E-state index in [0.29, 0.717) is 34.9 Å². The predicted molar refractivity (Wildman–Crippen MR) is 120 cm³/mol. The van der Waals surface area contributed by atoms with E-state index >= 15 is 0 Å². The smallest absolute Gasteiger partial charge is 0.357 e. The highest BCUT2D eigenvalue weighted by Crippen LogP contribution is 2.24. The van der Waals surface area contributed by atoms with Crippen molar-refractivity contribution in [2.75, 3.05) is 20.2 Å². The lowest BCUT2D eigenvalue weighted by molar-refractivity contribution is -0.137. The summed E-state index contributed by atoms with van der Waals surface area (Å²) in [5.41, 5.74) is 0.884. The number of benzene rings is 1. The van der Waals surface area contributed by atoms with Crippen LogP contribution >= 0.6 is 0 Å². The summed E-state index contributed by atoms with van der Waals surface area (Å²) in [7, 11) is 3.47. The summed E-state index contributed by atoms with van der Waals surface area (Å²) < 4.78 is 6.92. The number of aromatic nitrogens is 4. The molecule has 2 aromatic heterocycles. The number of hydrogen-bond donors (Lipinski definition) is 1. The number of carbonyl (C=O) groups excluding carboxylic acids is 2. The van der Waals surface area contributed by atoms with Crippen LogP contribution in [0.15, 0.2) is 42.9 Å². The van der Waals surface area contributed by atoms with E-state index in [1.807, 2.05) is 7.05 Å². The maximum Gasteiger partial charge on any atom is 0.357 e. The van der Waals surface area contributed by atoms with Crippen molar-refractivity contribution in [3.8, 4) is 34.6 Å². The predicted octanol–water partition coefficient (Wildman–Crippen LogP) is 1.67. The molecule has 1 aliphatic rings. The quantitative estimate of drug-likeness (QED) is 0.480. The number of carbonyl (C=O) groups is 2. The standard InChI is InChI=1S/C24H23N5O4/c1-4-33-22(30)19-13-18(20-14-25-15-29(20)3)26-21(27-19)17-7-5-6-16(12-17)8-9-24(32)10-11-28(2)23(24)31/h5-7,12-15,32H,4,10-11H2,1-3H3/t24-/m0/s1. The van der Waals surface area contributed by atoms with Gasteiger partial charge in [0.15, 0.2) is 11.5 Å². The number of aliphatic hydroxyl groups is 1. The number of imidazole rings is 1. The van der Waals surface area contributed by atoms with Gasteiger partial charge in [0.1, 0.15) is 0 Å². The zero-order valence-electron chi connectivity index (χ0n) is 18.6. The number of hydrogen-bond acceptors (Lipinski definition) is 7. The van der Waals surface area contributed by atoms with Crippen LogP contribution in [0.25, 0.3) is 22.8 Å². The molecule has 0 radical (unpaired) electrons. The fourth-order valence-corrected chi connectivity index (χ4v) is 3.50. The molecule has 168 valence electrons. The largest absolute Gasteiger partial charge is 0.461 e. The first-order valence-corrected chi connectivity index (χ1v) is 10.4. The van der Waals surface area contributed by atoms with Crippen LogP contribution in [0.4, 0.5) is 0 Å². The molecule has 0 aliphatic carbocycles. The summed E-state index contributed by atoms with van der Waals surface area (Å²) in [5, 5.41) is 10.5. The first-order valence-electron chi connectivity index (χ1n) is 10.4. The average molecular weight is 445 g/mol. The van der Waals surface area contributed by atoms with E-state index < -0.39 is 17.5 Å². The first kappa shape index (κ1) is 22.2. The van der Waals surface area contributed by atoms with Crippen molar-refractivity contribution in [2.45, 2.75) is 18.9 Å². The van der Waals surface area contributed by atoms with Crippen molar-refractivity contribution >= 4 is 11.9 Å². The van der Waals surface area contributed by atoms with E-state index in [9.17, 15) is 14.7 Å². The van der Waals surface area contributed by atoms with Gasteiger partial charge in [0.2, 0.25) is 5.60 Å². The second-order valence-electron chi connectivity index (χ2n) is 7.74. The molecular formula is C24H23N5O4. The normalized spacial score (nSPS) is 17.6.